The molecule has 1 aliphatic heterocycles. The molecule has 1 aromatic rings. The van der Waals surface area contributed by atoms with Gasteiger partial charge in [0.05, 0.1) is 5.56 Å². The summed E-state index contributed by atoms with van der Waals surface area (Å²) in [6, 6.07) is 5.52. The van der Waals surface area contributed by atoms with Gasteiger partial charge in [-0.2, -0.15) is 0 Å². The lowest BCUT2D eigenvalue weighted by Crippen LogP contribution is -2.42. The number of carbonyl (C=O) groups is 1. The first-order valence-electron chi connectivity index (χ1n) is 6.79. The summed E-state index contributed by atoms with van der Waals surface area (Å²) in [6.45, 7) is 6.00. The van der Waals surface area contributed by atoms with Crippen LogP contribution in [0.4, 0.5) is 0 Å². The quantitative estimate of drug-likeness (QED) is 0.769. The molecule has 0 spiro atoms. The molecular formula is C15H19Br2NO2. The van der Waals surface area contributed by atoms with Crippen LogP contribution in [0.1, 0.15) is 37.0 Å². The first kappa shape index (κ1) is 16.0. The van der Waals surface area contributed by atoms with E-state index in [-0.39, 0.29) is 5.97 Å². The van der Waals surface area contributed by atoms with Gasteiger partial charge in [0.25, 0.3) is 0 Å². The molecule has 0 unspecified atom stereocenters. The van der Waals surface area contributed by atoms with Crippen molar-refractivity contribution >= 4 is 37.8 Å². The Morgan fingerprint density at radius 3 is 2.60 bits per heavy atom. The molecule has 5 heteroatoms. The van der Waals surface area contributed by atoms with E-state index in [2.05, 4.69) is 37.2 Å². The zero-order valence-electron chi connectivity index (χ0n) is 11.7. The van der Waals surface area contributed by atoms with Gasteiger partial charge in [0.1, 0.15) is 5.60 Å². The third-order valence-corrected chi connectivity index (χ3v) is 5.01. The van der Waals surface area contributed by atoms with Crippen molar-refractivity contribution < 1.29 is 9.53 Å². The summed E-state index contributed by atoms with van der Waals surface area (Å²) in [4.78, 5) is 12.4. The van der Waals surface area contributed by atoms with Crippen LogP contribution < -0.4 is 5.32 Å². The SMILES string of the molecule is CC(C)(OC(=O)c1cc(Br)ccc1Br)C1CCNCC1. The molecule has 0 aliphatic carbocycles. The van der Waals surface area contributed by atoms with Crippen LogP contribution in [0.15, 0.2) is 27.1 Å². The minimum atomic E-state index is -0.444. The second-order valence-corrected chi connectivity index (χ2v) is 7.41. The number of carbonyl (C=O) groups excluding carboxylic acids is 1. The van der Waals surface area contributed by atoms with Crippen molar-refractivity contribution in [2.45, 2.75) is 32.3 Å². The first-order valence-corrected chi connectivity index (χ1v) is 8.38. The Hall–Kier alpha value is -0.390. The molecule has 1 saturated heterocycles. The van der Waals surface area contributed by atoms with Gasteiger partial charge >= 0.3 is 5.97 Å². The largest absolute Gasteiger partial charge is 0.456 e. The number of hydrogen-bond donors (Lipinski definition) is 1. The lowest BCUT2D eigenvalue weighted by molar-refractivity contribution is -0.0369. The Balaban J connectivity index is 2.11. The minimum Gasteiger partial charge on any atom is -0.456 e. The lowest BCUT2D eigenvalue weighted by atomic mass is 9.83. The predicted molar refractivity (Wildman–Crippen MR) is 86.9 cm³/mol. The molecule has 0 amide bonds. The standard InChI is InChI=1S/C15H19Br2NO2/c1-15(2,10-5-7-18-8-6-10)20-14(19)12-9-11(16)3-4-13(12)17/h3-4,9-10,18H,5-8H2,1-2H3. The summed E-state index contributed by atoms with van der Waals surface area (Å²) in [5.74, 6) is 0.125. The van der Waals surface area contributed by atoms with E-state index < -0.39 is 5.60 Å². The molecule has 0 radical (unpaired) electrons. The minimum absolute atomic E-state index is 0.276. The molecule has 0 bridgehead atoms. The van der Waals surface area contributed by atoms with E-state index in [1.54, 1.807) is 6.07 Å². The Kier molecular flexibility index (Phi) is 5.26. The highest BCUT2D eigenvalue weighted by atomic mass is 79.9. The van der Waals surface area contributed by atoms with E-state index in [0.29, 0.717) is 11.5 Å². The molecule has 1 heterocycles. The van der Waals surface area contributed by atoms with Crippen molar-refractivity contribution in [1.82, 2.24) is 5.32 Å². The molecule has 0 saturated carbocycles. The second-order valence-electron chi connectivity index (χ2n) is 5.64. The van der Waals surface area contributed by atoms with Gasteiger partial charge in [-0.05, 0) is 73.9 Å². The lowest BCUT2D eigenvalue weighted by Gasteiger charge is -2.36. The number of rotatable bonds is 3. The van der Waals surface area contributed by atoms with E-state index >= 15 is 0 Å². The second kappa shape index (κ2) is 6.58. The summed E-state index contributed by atoms with van der Waals surface area (Å²) in [5.41, 5.74) is 0.113. The number of benzene rings is 1. The number of piperidine rings is 1. The van der Waals surface area contributed by atoms with Crippen LogP contribution in [0.3, 0.4) is 0 Å². The van der Waals surface area contributed by atoms with Gasteiger partial charge in [-0.1, -0.05) is 15.9 Å². The summed E-state index contributed by atoms with van der Waals surface area (Å²) in [6.07, 6.45) is 2.08. The van der Waals surface area contributed by atoms with E-state index in [1.165, 1.54) is 0 Å². The maximum atomic E-state index is 12.4. The van der Waals surface area contributed by atoms with E-state index in [0.717, 1.165) is 34.9 Å². The highest BCUT2D eigenvalue weighted by Gasteiger charge is 2.34. The third kappa shape index (κ3) is 3.83. The molecule has 110 valence electrons. The summed E-state index contributed by atoms with van der Waals surface area (Å²) in [7, 11) is 0. The normalized spacial score (nSPS) is 17.0. The molecule has 0 atom stereocenters. The van der Waals surface area contributed by atoms with Crippen molar-refractivity contribution in [1.29, 1.82) is 0 Å². The van der Waals surface area contributed by atoms with Crippen LogP contribution in [-0.2, 0) is 4.74 Å². The van der Waals surface area contributed by atoms with Gasteiger partial charge in [-0.3, -0.25) is 0 Å². The first-order chi connectivity index (χ1) is 9.40. The molecule has 0 aromatic heterocycles. The fourth-order valence-electron chi connectivity index (χ4n) is 2.55. The molecular weight excluding hydrogens is 386 g/mol. The van der Waals surface area contributed by atoms with Crippen LogP contribution >= 0.6 is 31.9 Å². The van der Waals surface area contributed by atoms with Gasteiger partial charge in [0, 0.05) is 14.9 Å². The molecule has 3 nitrogen and oxygen atoms in total. The van der Waals surface area contributed by atoms with Crippen molar-refractivity contribution in [3.8, 4) is 0 Å². The topological polar surface area (TPSA) is 38.3 Å². The molecule has 1 fully saturated rings. The molecule has 1 N–H and O–H groups in total. The van der Waals surface area contributed by atoms with E-state index in [1.807, 2.05) is 26.0 Å². The van der Waals surface area contributed by atoms with Crippen LogP contribution in [0.5, 0.6) is 0 Å². The number of halogens is 2. The fraction of sp³-hybridized carbons (Fsp3) is 0.533. The molecule has 20 heavy (non-hydrogen) atoms. The Morgan fingerprint density at radius 2 is 1.95 bits per heavy atom. The maximum absolute atomic E-state index is 12.4. The average molecular weight is 405 g/mol. The van der Waals surface area contributed by atoms with Crippen molar-refractivity contribution in [2.75, 3.05) is 13.1 Å². The Morgan fingerprint density at radius 1 is 1.30 bits per heavy atom. The zero-order valence-corrected chi connectivity index (χ0v) is 14.9. The van der Waals surface area contributed by atoms with E-state index in [4.69, 9.17) is 4.74 Å². The van der Waals surface area contributed by atoms with Crippen LogP contribution in [0.2, 0.25) is 0 Å². The average Bonchev–Trinajstić information content (AvgIpc) is 2.42. The summed E-state index contributed by atoms with van der Waals surface area (Å²) < 4.78 is 7.41. The van der Waals surface area contributed by atoms with Crippen LogP contribution in [0, 0.1) is 5.92 Å². The van der Waals surface area contributed by atoms with Gasteiger partial charge in [0.2, 0.25) is 0 Å². The van der Waals surface area contributed by atoms with Crippen LogP contribution in [0.25, 0.3) is 0 Å². The van der Waals surface area contributed by atoms with Gasteiger partial charge in [0.15, 0.2) is 0 Å². The van der Waals surface area contributed by atoms with Crippen molar-refractivity contribution in [2.24, 2.45) is 5.92 Å². The third-order valence-electron chi connectivity index (χ3n) is 3.83. The van der Waals surface area contributed by atoms with Crippen molar-refractivity contribution in [3.63, 3.8) is 0 Å². The number of hydrogen-bond acceptors (Lipinski definition) is 3. The maximum Gasteiger partial charge on any atom is 0.339 e. The Bertz CT molecular complexity index is 497. The molecule has 1 aromatic carbocycles. The molecule has 1 aliphatic rings. The number of esters is 1. The van der Waals surface area contributed by atoms with Gasteiger partial charge in [-0.25, -0.2) is 4.79 Å². The zero-order chi connectivity index (χ0) is 14.8. The molecule has 2 rings (SSSR count). The highest BCUT2D eigenvalue weighted by molar-refractivity contribution is 9.11. The highest BCUT2D eigenvalue weighted by Crippen LogP contribution is 2.31. The number of nitrogens with one attached hydrogen (secondary N) is 1. The van der Waals surface area contributed by atoms with Gasteiger partial charge < -0.3 is 10.1 Å². The predicted octanol–water partition coefficient (Wildman–Crippen LogP) is 4.15. The Labute approximate surface area is 136 Å². The number of ether oxygens (including phenoxy) is 1. The summed E-state index contributed by atoms with van der Waals surface area (Å²) in [5, 5.41) is 3.33. The summed E-state index contributed by atoms with van der Waals surface area (Å²) >= 11 is 6.79. The van der Waals surface area contributed by atoms with Crippen LogP contribution in [-0.4, -0.2) is 24.7 Å². The van der Waals surface area contributed by atoms with Gasteiger partial charge in [-0.15, -0.1) is 0 Å². The van der Waals surface area contributed by atoms with Crippen molar-refractivity contribution in [3.05, 3.63) is 32.7 Å². The fourth-order valence-corrected chi connectivity index (χ4v) is 3.32. The van der Waals surface area contributed by atoms with E-state index in [9.17, 15) is 4.79 Å². The smallest absolute Gasteiger partial charge is 0.339 e. The monoisotopic (exact) mass is 403 g/mol.